The third kappa shape index (κ3) is 5.71. The number of aromatic nitrogens is 2. The first kappa shape index (κ1) is 22.8. The van der Waals surface area contributed by atoms with E-state index in [-0.39, 0.29) is 5.91 Å². The number of benzene rings is 2. The van der Waals surface area contributed by atoms with Crippen molar-refractivity contribution in [2.75, 3.05) is 40.4 Å². The zero-order valence-electron chi connectivity index (χ0n) is 18.5. The van der Waals surface area contributed by atoms with Gasteiger partial charge < -0.3 is 18.9 Å². The highest BCUT2D eigenvalue weighted by Gasteiger charge is 2.21. The van der Waals surface area contributed by atoms with Crippen molar-refractivity contribution in [2.45, 2.75) is 6.54 Å². The Morgan fingerprint density at radius 3 is 2.55 bits per heavy atom. The molecule has 2 aromatic carbocycles. The van der Waals surface area contributed by atoms with Crippen molar-refractivity contribution in [3.63, 3.8) is 0 Å². The number of nitrogens with zero attached hydrogens (tertiary/aromatic N) is 4. The number of hydrogen-bond acceptors (Lipinski definition) is 7. The second kappa shape index (κ2) is 10.5. The summed E-state index contributed by atoms with van der Waals surface area (Å²) in [6, 6.07) is 12.8. The topological polar surface area (TPSA) is 80.9 Å². The Balaban J connectivity index is 1.30. The Kier molecular flexibility index (Phi) is 7.26. The third-order valence-electron chi connectivity index (χ3n) is 5.46. The number of halogens is 1. The van der Waals surface area contributed by atoms with Gasteiger partial charge in [0.2, 0.25) is 17.6 Å². The minimum atomic E-state index is -0.0451. The third-order valence-corrected chi connectivity index (χ3v) is 5.69. The van der Waals surface area contributed by atoms with E-state index in [2.05, 4.69) is 15.0 Å². The maximum Gasteiger partial charge on any atom is 0.246 e. The number of rotatable bonds is 7. The van der Waals surface area contributed by atoms with Crippen LogP contribution < -0.4 is 9.47 Å². The first-order chi connectivity index (χ1) is 16.1. The number of carbonyl (C=O) groups is 1. The molecule has 1 aliphatic rings. The first-order valence-electron chi connectivity index (χ1n) is 10.6. The molecule has 0 bridgehead atoms. The maximum atomic E-state index is 12.6. The summed E-state index contributed by atoms with van der Waals surface area (Å²) in [4.78, 5) is 21.1. The van der Waals surface area contributed by atoms with Gasteiger partial charge in [0, 0.05) is 48.4 Å². The summed E-state index contributed by atoms with van der Waals surface area (Å²) in [6.45, 7) is 3.23. The van der Waals surface area contributed by atoms with E-state index in [9.17, 15) is 4.79 Å². The second-order valence-corrected chi connectivity index (χ2v) is 8.00. The van der Waals surface area contributed by atoms with Gasteiger partial charge in [0.05, 0.1) is 20.8 Å². The highest BCUT2D eigenvalue weighted by atomic mass is 35.5. The van der Waals surface area contributed by atoms with Gasteiger partial charge in [0.15, 0.2) is 0 Å². The predicted octanol–water partition coefficient (Wildman–Crippen LogP) is 3.76. The van der Waals surface area contributed by atoms with Gasteiger partial charge >= 0.3 is 0 Å². The maximum absolute atomic E-state index is 12.6. The molecule has 0 atom stereocenters. The van der Waals surface area contributed by atoms with Gasteiger partial charge in [-0.05, 0) is 48.5 Å². The highest BCUT2D eigenvalue weighted by molar-refractivity contribution is 6.30. The highest BCUT2D eigenvalue weighted by Crippen LogP contribution is 2.24. The van der Waals surface area contributed by atoms with E-state index in [0.717, 1.165) is 30.0 Å². The fourth-order valence-corrected chi connectivity index (χ4v) is 3.78. The molecule has 1 amide bonds. The van der Waals surface area contributed by atoms with E-state index in [1.54, 1.807) is 44.6 Å². The van der Waals surface area contributed by atoms with Crippen LogP contribution in [0.3, 0.4) is 0 Å². The fourth-order valence-electron chi connectivity index (χ4n) is 3.60. The van der Waals surface area contributed by atoms with Gasteiger partial charge in [-0.1, -0.05) is 16.8 Å². The van der Waals surface area contributed by atoms with Crippen molar-refractivity contribution in [1.29, 1.82) is 0 Å². The molecule has 0 saturated carbocycles. The van der Waals surface area contributed by atoms with Crippen molar-refractivity contribution in [2.24, 2.45) is 0 Å². The Labute approximate surface area is 197 Å². The smallest absolute Gasteiger partial charge is 0.246 e. The number of ether oxygens (including phenoxy) is 2. The van der Waals surface area contributed by atoms with Gasteiger partial charge in [-0.2, -0.15) is 4.98 Å². The lowest BCUT2D eigenvalue weighted by atomic mass is 10.2. The molecule has 1 aliphatic heterocycles. The molecule has 3 aromatic rings. The van der Waals surface area contributed by atoms with Gasteiger partial charge in [-0.15, -0.1) is 0 Å². The molecule has 33 heavy (non-hydrogen) atoms. The minimum absolute atomic E-state index is 0.0451. The molecule has 0 unspecified atom stereocenters. The van der Waals surface area contributed by atoms with E-state index in [4.69, 9.17) is 25.6 Å². The average molecular weight is 469 g/mol. The summed E-state index contributed by atoms with van der Waals surface area (Å²) < 4.78 is 15.9. The van der Waals surface area contributed by atoms with E-state index in [1.165, 1.54) is 0 Å². The largest absolute Gasteiger partial charge is 0.497 e. The van der Waals surface area contributed by atoms with Gasteiger partial charge in [0.25, 0.3) is 0 Å². The van der Waals surface area contributed by atoms with Gasteiger partial charge in [0.1, 0.15) is 11.5 Å². The quantitative estimate of drug-likeness (QED) is 0.488. The summed E-state index contributed by atoms with van der Waals surface area (Å²) in [5.74, 6) is 2.49. The molecule has 8 nitrogen and oxygen atoms in total. The van der Waals surface area contributed by atoms with Crippen LogP contribution in [0.1, 0.15) is 11.5 Å². The monoisotopic (exact) mass is 468 g/mol. The number of methoxy groups -OCH3 is 2. The molecule has 2 heterocycles. The van der Waals surface area contributed by atoms with Crippen LogP contribution >= 0.6 is 11.6 Å². The summed E-state index contributed by atoms with van der Waals surface area (Å²) in [5, 5.41) is 4.67. The Bertz CT molecular complexity index is 1120. The van der Waals surface area contributed by atoms with Crippen LogP contribution in [-0.4, -0.2) is 66.2 Å². The van der Waals surface area contributed by atoms with Gasteiger partial charge in [-0.25, -0.2) is 0 Å². The number of amides is 1. The SMILES string of the molecule is COc1ccc(-c2noc(CN3CCN(C(=O)/C=C/c4cc(Cl)ccc4OC)CC3)n2)cc1. The van der Waals surface area contributed by atoms with Crippen molar-refractivity contribution < 1.29 is 18.8 Å². The molecule has 4 rings (SSSR count). The molecule has 0 radical (unpaired) electrons. The van der Waals surface area contributed by atoms with E-state index < -0.39 is 0 Å². The summed E-state index contributed by atoms with van der Waals surface area (Å²) in [7, 11) is 3.21. The lowest BCUT2D eigenvalue weighted by Crippen LogP contribution is -2.47. The number of piperazine rings is 1. The zero-order valence-corrected chi connectivity index (χ0v) is 19.3. The molecule has 1 fully saturated rings. The summed E-state index contributed by atoms with van der Waals surface area (Å²) in [5.41, 5.74) is 1.63. The first-order valence-corrected chi connectivity index (χ1v) is 10.9. The average Bonchev–Trinajstić information content (AvgIpc) is 3.31. The molecule has 1 aromatic heterocycles. The van der Waals surface area contributed by atoms with Gasteiger partial charge in [-0.3, -0.25) is 9.69 Å². The molecule has 0 N–H and O–H groups in total. The summed E-state index contributed by atoms with van der Waals surface area (Å²) in [6.07, 6.45) is 3.29. The Morgan fingerprint density at radius 2 is 1.85 bits per heavy atom. The Hall–Kier alpha value is -3.36. The molecule has 0 spiro atoms. The van der Waals surface area contributed by atoms with Crippen molar-refractivity contribution in [3.8, 4) is 22.9 Å². The van der Waals surface area contributed by atoms with Crippen LogP contribution in [0.15, 0.2) is 53.1 Å². The standard InChI is InChI=1S/C24H25ClN4O4/c1-31-20-7-3-17(4-8-20)24-26-22(33-27-24)16-28-11-13-29(14-12-28)23(30)10-5-18-15-19(25)6-9-21(18)32-2/h3-10,15H,11-14,16H2,1-2H3/b10-5+. The molecular formula is C24H25ClN4O4. The molecule has 172 valence electrons. The van der Waals surface area contributed by atoms with Crippen LogP contribution in [0, 0.1) is 0 Å². The van der Waals surface area contributed by atoms with E-state index >= 15 is 0 Å². The molecule has 9 heteroatoms. The lowest BCUT2D eigenvalue weighted by molar-refractivity contribution is -0.127. The van der Waals surface area contributed by atoms with Crippen LogP contribution in [0.5, 0.6) is 11.5 Å². The molecule has 0 aliphatic carbocycles. The second-order valence-electron chi connectivity index (χ2n) is 7.56. The van der Waals surface area contributed by atoms with Crippen LogP contribution in [0.2, 0.25) is 5.02 Å². The zero-order chi connectivity index (χ0) is 23.2. The molecular weight excluding hydrogens is 444 g/mol. The van der Waals surface area contributed by atoms with E-state index in [0.29, 0.717) is 42.1 Å². The van der Waals surface area contributed by atoms with E-state index in [1.807, 2.05) is 29.2 Å². The van der Waals surface area contributed by atoms with Crippen LogP contribution in [0.25, 0.3) is 17.5 Å². The molecule has 1 saturated heterocycles. The van der Waals surface area contributed by atoms with Crippen molar-refractivity contribution in [1.82, 2.24) is 19.9 Å². The van der Waals surface area contributed by atoms with Crippen molar-refractivity contribution in [3.05, 3.63) is 65.0 Å². The lowest BCUT2D eigenvalue weighted by Gasteiger charge is -2.33. The minimum Gasteiger partial charge on any atom is -0.497 e. The van der Waals surface area contributed by atoms with Crippen LogP contribution in [0.4, 0.5) is 0 Å². The van der Waals surface area contributed by atoms with Crippen molar-refractivity contribution >= 4 is 23.6 Å². The van der Waals surface area contributed by atoms with Crippen LogP contribution in [-0.2, 0) is 11.3 Å². The normalized spacial score (nSPS) is 14.6. The number of carbonyl (C=O) groups excluding carboxylic acids is 1. The predicted molar refractivity (Wildman–Crippen MR) is 125 cm³/mol. The fraction of sp³-hybridized carbons (Fsp3) is 0.292. The Morgan fingerprint density at radius 1 is 1.09 bits per heavy atom. The number of hydrogen-bond donors (Lipinski definition) is 0. The summed E-state index contributed by atoms with van der Waals surface area (Å²) >= 11 is 6.06.